The number of carboxylic acid groups (broad SMARTS) is 1. The number of anilines is 1. The van der Waals surface area contributed by atoms with E-state index in [1.807, 2.05) is 4.72 Å². The molecular formula is C12H10FNO6S. The van der Waals surface area contributed by atoms with Gasteiger partial charge in [-0.3, -0.25) is 4.72 Å². The summed E-state index contributed by atoms with van der Waals surface area (Å²) in [5.74, 6) is -2.52. The van der Waals surface area contributed by atoms with Crippen LogP contribution in [0.1, 0.15) is 10.6 Å². The lowest BCUT2D eigenvalue weighted by atomic mass is 10.3. The molecule has 7 nitrogen and oxygen atoms in total. The molecule has 2 aromatic rings. The summed E-state index contributed by atoms with van der Waals surface area (Å²) in [5.41, 5.74) is -0.345. The molecular weight excluding hydrogens is 305 g/mol. The molecule has 0 saturated carbocycles. The number of aromatic carboxylic acids is 1. The van der Waals surface area contributed by atoms with Crippen LogP contribution in [-0.2, 0) is 10.0 Å². The van der Waals surface area contributed by atoms with Crippen molar-refractivity contribution >= 4 is 21.7 Å². The van der Waals surface area contributed by atoms with E-state index >= 15 is 0 Å². The fourth-order valence-corrected chi connectivity index (χ4v) is 2.48. The highest BCUT2D eigenvalue weighted by atomic mass is 32.2. The second kappa shape index (κ2) is 5.44. The fraction of sp³-hybridized carbons (Fsp3) is 0.0833. The summed E-state index contributed by atoms with van der Waals surface area (Å²) in [7, 11) is -2.90. The Labute approximate surface area is 119 Å². The number of nitrogens with one attached hydrogen (secondary N) is 1. The minimum Gasteiger partial charge on any atom is -0.497 e. The smallest absolute Gasteiger partial charge is 0.371 e. The standard InChI is InChI=1S/C12H10FNO6S/c1-19-7-2-3-8(13)9(6-7)14-21(17,18)11-5-4-10(20-11)12(15)16/h2-6,14H,1H3,(H,15,16). The SMILES string of the molecule is COc1ccc(F)c(NS(=O)(=O)c2ccc(C(=O)O)o2)c1. The largest absolute Gasteiger partial charge is 0.497 e. The van der Waals surface area contributed by atoms with E-state index < -0.39 is 32.7 Å². The minimum atomic E-state index is -4.25. The maximum absolute atomic E-state index is 13.6. The molecule has 0 fully saturated rings. The summed E-state index contributed by atoms with van der Waals surface area (Å²) in [6, 6.07) is 5.45. The van der Waals surface area contributed by atoms with E-state index in [9.17, 15) is 17.6 Å². The molecule has 0 saturated heterocycles. The van der Waals surface area contributed by atoms with Crippen molar-refractivity contribution in [1.29, 1.82) is 0 Å². The van der Waals surface area contributed by atoms with E-state index in [2.05, 4.69) is 4.42 Å². The van der Waals surface area contributed by atoms with Crippen LogP contribution in [0.2, 0.25) is 0 Å². The Morgan fingerprint density at radius 1 is 1.33 bits per heavy atom. The van der Waals surface area contributed by atoms with Gasteiger partial charge in [0.25, 0.3) is 10.0 Å². The summed E-state index contributed by atoms with van der Waals surface area (Å²) >= 11 is 0. The van der Waals surface area contributed by atoms with Crippen molar-refractivity contribution in [1.82, 2.24) is 0 Å². The molecule has 0 aliphatic heterocycles. The first kappa shape index (κ1) is 14.9. The van der Waals surface area contributed by atoms with Crippen molar-refractivity contribution in [2.45, 2.75) is 5.09 Å². The molecule has 0 unspecified atom stereocenters. The predicted molar refractivity (Wildman–Crippen MR) is 69.4 cm³/mol. The van der Waals surface area contributed by atoms with Crippen LogP contribution < -0.4 is 9.46 Å². The fourth-order valence-electron chi connectivity index (χ4n) is 1.48. The Hall–Kier alpha value is -2.55. The molecule has 9 heteroatoms. The average molecular weight is 315 g/mol. The van der Waals surface area contributed by atoms with Crippen LogP contribution in [0.3, 0.4) is 0 Å². The van der Waals surface area contributed by atoms with Crippen LogP contribution >= 0.6 is 0 Å². The van der Waals surface area contributed by atoms with Gasteiger partial charge in [0, 0.05) is 6.07 Å². The monoisotopic (exact) mass is 315 g/mol. The van der Waals surface area contributed by atoms with Gasteiger partial charge >= 0.3 is 5.97 Å². The second-order valence-corrected chi connectivity index (χ2v) is 5.49. The number of benzene rings is 1. The lowest BCUT2D eigenvalue weighted by Crippen LogP contribution is -2.13. The van der Waals surface area contributed by atoms with Gasteiger partial charge in [-0.2, -0.15) is 8.42 Å². The van der Waals surface area contributed by atoms with Gasteiger partial charge in [0.2, 0.25) is 10.9 Å². The number of hydrogen-bond donors (Lipinski definition) is 2. The highest BCUT2D eigenvalue weighted by molar-refractivity contribution is 7.92. The van der Waals surface area contributed by atoms with Gasteiger partial charge in [-0.15, -0.1) is 0 Å². The van der Waals surface area contributed by atoms with E-state index in [-0.39, 0.29) is 11.4 Å². The molecule has 0 spiro atoms. The van der Waals surface area contributed by atoms with Crippen molar-refractivity contribution in [2.75, 3.05) is 11.8 Å². The zero-order valence-electron chi connectivity index (χ0n) is 10.7. The van der Waals surface area contributed by atoms with E-state index in [4.69, 9.17) is 9.84 Å². The molecule has 1 heterocycles. The number of ether oxygens (including phenoxy) is 1. The van der Waals surface area contributed by atoms with E-state index in [0.717, 1.165) is 24.3 Å². The molecule has 1 aromatic carbocycles. The third-order valence-electron chi connectivity index (χ3n) is 2.47. The van der Waals surface area contributed by atoms with Crippen LogP contribution in [0.4, 0.5) is 10.1 Å². The zero-order valence-corrected chi connectivity index (χ0v) is 11.5. The second-order valence-electron chi connectivity index (χ2n) is 3.88. The first-order valence-electron chi connectivity index (χ1n) is 5.53. The van der Waals surface area contributed by atoms with Gasteiger partial charge in [0.1, 0.15) is 11.6 Å². The summed E-state index contributed by atoms with van der Waals surface area (Å²) < 4.78 is 49.0. The summed E-state index contributed by atoms with van der Waals surface area (Å²) in [5, 5.41) is 8.04. The van der Waals surface area contributed by atoms with E-state index in [0.29, 0.717) is 0 Å². The Morgan fingerprint density at radius 2 is 2.05 bits per heavy atom. The van der Waals surface area contributed by atoms with Crippen molar-refractivity contribution in [3.63, 3.8) is 0 Å². The molecule has 112 valence electrons. The van der Waals surface area contributed by atoms with Crippen molar-refractivity contribution in [2.24, 2.45) is 0 Å². The van der Waals surface area contributed by atoms with E-state index in [1.54, 1.807) is 0 Å². The third-order valence-corrected chi connectivity index (χ3v) is 3.71. The molecule has 0 radical (unpaired) electrons. The molecule has 1 aromatic heterocycles. The Bertz CT molecular complexity index is 783. The number of rotatable bonds is 5. The number of hydrogen-bond acceptors (Lipinski definition) is 5. The lowest BCUT2D eigenvalue weighted by molar-refractivity contribution is 0.0656. The van der Waals surface area contributed by atoms with Gasteiger partial charge < -0.3 is 14.3 Å². The topological polar surface area (TPSA) is 106 Å². The van der Waals surface area contributed by atoms with Gasteiger partial charge in [0.05, 0.1) is 12.8 Å². The molecule has 2 N–H and O–H groups in total. The number of methoxy groups -OCH3 is 1. The maximum atomic E-state index is 13.6. The molecule has 0 aliphatic carbocycles. The maximum Gasteiger partial charge on any atom is 0.371 e. The highest BCUT2D eigenvalue weighted by Crippen LogP contribution is 2.24. The molecule has 0 aliphatic rings. The number of sulfonamides is 1. The molecule has 0 atom stereocenters. The summed E-state index contributed by atoms with van der Waals surface area (Å²) in [4.78, 5) is 10.7. The van der Waals surface area contributed by atoms with Crippen molar-refractivity contribution in [3.05, 3.63) is 41.9 Å². The number of furan rings is 1. The zero-order chi connectivity index (χ0) is 15.6. The number of carboxylic acids is 1. The summed E-state index contributed by atoms with van der Waals surface area (Å²) in [6.45, 7) is 0. The highest BCUT2D eigenvalue weighted by Gasteiger charge is 2.22. The van der Waals surface area contributed by atoms with Crippen LogP contribution in [0.5, 0.6) is 5.75 Å². The van der Waals surface area contributed by atoms with Crippen molar-refractivity contribution in [3.8, 4) is 5.75 Å². The Morgan fingerprint density at radius 3 is 2.62 bits per heavy atom. The summed E-state index contributed by atoms with van der Waals surface area (Å²) in [6.07, 6.45) is 0. The first-order valence-corrected chi connectivity index (χ1v) is 7.01. The number of carbonyl (C=O) groups is 1. The average Bonchev–Trinajstić information content (AvgIpc) is 2.92. The third kappa shape index (κ3) is 3.14. The van der Waals surface area contributed by atoms with E-state index in [1.165, 1.54) is 13.2 Å². The van der Waals surface area contributed by atoms with Crippen LogP contribution in [-0.4, -0.2) is 26.6 Å². The Balaban J connectivity index is 2.34. The molecule has 2 rings (SSSR count). The minimum absolute atomic E-state index is 0.250. The first-order chi connectivity index (χ1) is 9.83. The van der Waals surface area contributed by atoms with Crippen molar-refractivity contribution < 1.29 is 31.9 Å². The number of halogens is 1. The van der Waals surface area contributed by atoms with Crippen LogP contribution in [0.15, 0.2) is 39.8 Å². The normalized spacial score (nSPS) is 11.1. The van der Waals surface area contributed by atoms with Crippen LogP contribution in [0.25, 0.3) is 0 Å². The molecule has 21 heavy (non-hydrogen) atoms. The van der Waals surface area contributed by atoms with Crippen LogP contribution in [0, 0.1) is 5.82 Å². The van der Waals surface area contributed by atoms with Gasteiger partial charge in [-0.1, -0.05) is 0 Å². The quantitative estimate of drug-likeness (QED) is 0.873. The Kier molecular flexibility index (Phi) is 3.85. The van der Waals surface area contributed by atoms with Gasteiger partial charge in [-0.25, -0.2) is 9.18 Å². The van der Waals surface area contributed by atoms with Gasteiger partial charge in [0.15, 0.2) is 0 Å². The predicted octanol–water partition coefficient (Wildman–Crippen LogP) is 1.93. The molecule has 0 amide bonds. The van der Waals surface area contributed by atoms with Gasteiger partial charge in [-0.05, 0) is 24.3 Å². The lowest BCUT2D eigenvalue weighted by Gasteiger charge is -2.08. The molecule has 0 bridgehead atoms.